The van der Waals surface area contributed by atoms with Gasteiger partial charge in [-0.05, 0) is 23.6 Å². The maximum absolute atomic E-state index is 11.6. The standard InChI is InChI=1S/C14H20BrN3O2.ClH/c1-9(2)13(16)14(20)18-8-12(19)17-7-10-3-5-11(15)6-4-10;/h3-6,9,13H,7-8,16H2,1-2H3,(H,17,19)(H,18,20);1H/t13-;/m0./s1. The third-order valence-electron chi connectivity index (χ3n) is 2.85. The van der Waals surface area contributed by atoms with E-state index in [2.05, 4.69) is 26.6 Å². The Hall–Kier alpha value is -1.11. The minimum atomic E-state index is -0.589. The van der Waals surface area contributed by atoms with Gasteiger partial charge in [0.15, 0.2) is 0 Å². The first-order valence-corrected chi connectivity index (χ1v) is 7.24. The largest absolute Gasteiger partial charge is 0.350 e. The van der Waals surface area contributed by atoms with Gasteiger partial charge in [0.25, 0.3) is 0 Å². The predicted molar refractivity (Wildman–Crippen MR) is 89.1 cm³/mol. The molecule has 0 aromatic heterocycles. The number of amides is 2. The molecule has 0 unspecified atom stereocenters. The Morgan fingerprint density at radius 2 is 1.76 bits per heavy atom. The van der Waals surface area contributed by atoms with Crippen LogP contribution in [0.25, 0.3) is 0 Å². The number of benzene rings is 1. The van der Waals surface area contributed by atoms with Gasteiger partial charge in [-0.1, -0.05) is 41.9 Å². The summed E-state index contributed by atoms with van der Waals surface area (Å²) in [5, 5.41) is 5.26. The Balaban J connectivity index is 0.00000400. The van der Waals surface area contributed by atoms with Gasteiger partial charge >= 0.3 is 0 Å². The Kier molecular flexibility index (Phi) is 9.24. The lowest BCUT2D eigenvalue weighted by molar-refractivity contribution is -0.127. The summed E-state index contributed by atoms with van der Waals surface area (Å²) in [6, 6.07) is 7.06. The van der Waals surface area contributed by atoms with Gasteiger partial charge in [-0.3, -0.25) is 9.59 Å². The summed E-state index contributed by atoms with van der Waals surface area (Å²) in [6.07, 6.45) is 0. The van der Waals surface area contributed by atoms with Crippen LogP contribution in [-0.2, 0) is 16.1 Å². The molecule has 0 fully saturated rings. The van der Waals surface area contributed by atoms with Crippen LogP contribution in [-0.4, -0.2) is 24.4 Å². The van der Waals surface area contributed by atoms with Gasteiger partial charge in [-0.2, -0.15) is 0 Å². The molecule has 21 heavy (non-hydrogen) atoms. The van der Waals surface area contributed by atoms with Gasteiger partial charge in [0, 0.05) is 11.0 Å². The summed E-state index contributed by atoms with van der Waals surface area (Å²) in [4.78, 5) is 23.2. The van der Waals surface area contributed by atoms with Crippen molar-refractivity contribution in [3.05, 3.63) is 34.3 Å². The average molecular weight is 379 g/mol. The van der Waals surface area contributed by atoms with Crippen molar-refractivity contribution in [3.8, 4) is 0 Å². The molecule has 5 nitrogen and oxygen atoms in total. The molecule has 0 bridgehead atoms. The monoisotopic (exact) mass is 377 g/mol. The zero-order chi connectivity index (χ0) is 15.1. The Bertz CT molecular complexity index is 466. The number of hydrogen-bond donors (Lipinski definition) is 3. The predicted octanol–water partition coefficient (Wildman–Crippen LogP) is 1.59. The van der Waals surface area contributed by atoms with Gasteiger partial charge in [0.1, 0.15) is 0 Å². The molecular formula is C14H21BrClN3O2. The first-order chi connectivity index (χ1) is 9.40. The third-order valence-corrected chi connectivity index (χ3v) is 3.38. The number of halogens is 2. The molecule has 1 aromatic carbocycles. The molecule has 0 aliphatic heterocycles. The molecule has 4 N–H and O–H groups in total. The van der Waals surface area contributed by atoms with Crippen molar-refractivity contribution >= 4 is 40.2 Å². The summed E-state index contributed by atoms with van der Waals surface area (Å²) in [7, 11) is 0. The Morgan fingerprint density at radius 3 is 2.29 bits per heavy atom. The van der Waals surface area contributed by atoms with Crippen LogP contribution in [0.5, 0.6) is 0 Å². The lowest BCUT2D eigenvalue weighted by Gasteiger charge is -2.15. The van der Waals surface area contributed by atoms with Crippen LogP contribution in [0.1, 0.15) is 19.4 Å². The van der Waals surface area contributed by atoms with E-state index in [1.54, 1.807) is 0 Å². The van der Waals surface area contributed by atoms with Gasteiger partial charge in [0.2, 0.25) is 11.8 Å². The molecule has 0 saturated carbocycles. The van der Waals surface area contributed by atoms with Crippen LogP contribution in [0.2, 0.25) is 0 Å². The third kappa shape index (κ3) is 7.45. The van der Waals surface area contributed by atoms with Crippen LogP contribution in [0.4, 0.5) is 0 Å². The normalized spacial score (nSPS) is 11.5. The van der Waals surface area contributed by atoms with Crippen molar-refractivity contribution in [2.24, 2.45) is 11.7 Å². The summed E-state index contributed by atoms with van der Waals surface area (Å²) >= 11 is 3.34. The summed E-state index contributed by atoms with van der Waals surface area (Å²) in [5.41, 5.74) is 6.67. The summed E-state index contributed by atoms with van der Waals surface area (Å²) in [6.45, 7) is 4.09. The zero-order valence-corrected chi connectivity index (χ0v) is 14.5. The van der Waals surface area contributed by atoms with Crippen molar-refractivity contribution < 1.29 is 9.59 Å². The van der Waals surface area contributed by atoms with Crippen molar-refractivity contribution in [3.63, 3.8) is 0 Å². The van der Waals surface area contributed by atoms with Crippen LogP contribution in [0.3, 0.4) is 0 Å². The number of rotatable bonds is 6. The molecule has 118 valence electrons. The maximum Gasteiger partial charge on any atom is 0.239 e. The van der Waals surface area contributed by atoms with Crippen LogP contribution in [0.15, 0.2) is 28.7 Å². The molecule has 0 saturated heterocycles. The Labute approximate surface area is 139 Å². The number of hydrogen-bond acceptors (Lipinski definition) is 3. The SMILES string of the molecule is CC(C)[C@H](N)C(=O)NCC(=O)NCc1ccc(Br)cc1.Cl. The average Bonchev–Trinajstić information content (AvgIpc) is 2.43. The van der Waals surface area contributed by atoms with Gasteiger partial charge in [-0.25, -0.2) is 0 Å². The highest BCUT2D eigenvalue weighted by molar-refractivity contribution is 9.10. The van der Waals surface area contributed by atoms with Gasteiger partial charge < -0.3 is 16.4 Å². The van der Waals surface area contributed by atoms with E-state index in [1.165, 1.54) is 0 Å². The number of carbonyl (C=O) groups is 2. The molecule has 1 rings (SSSR count). The Morgan fingerprint density at radius 1 is 1.19 bits per heavy atom. The van der Waals surface area contributed by atoms with E-state index in [-0.39, 0.29) is 36.7 Å². The lowest BCUT2D eigenvalue weighted by Crippen LogP contribution is -2.47. The smallest absolute Gasteiger partial charge is 0.239 e. The quantitative estimate of drug-likeness (QED) is 0.703. The minimum absolute atomic E-state index is 0. The van der Waals surface area contributed by atoms with Crippen LogP contribution in [0, 0.1) is 5.92 Å². The molecular weight excluding hydrogens is 358 g/mol. The maximum atomic E-state index is 11.6. The number of nitrogens with two attached hydrogens (primary N) is 1. The topological polar surface area (TPSA) is 84.2 Å². The van der Waals surface area contributed by atoms with E-state index in [9.17, 15) is 9.59 Å². The highest BCUT2D eigenvalue weighted by Crippen LogP contribution is 2.10. The molecule has 0 spiro atoms. The highest BCUT2D eigenvalue weighted by Gasteiger charge is 2.17. The van der Waals surface area contributed by atoms with Crippen LogP contribution < -0.4 is 16.4 Å². The molecule has 1 aromatic rings. The van der Waals surface area contributed by atoms with Crippen molar-refractivity contribution in [1.82, 2.24) is 10.6 Å². The van der Waals surface area contributed by atoms with E-state index in [0.29, 0.717) is 6.54 Å². The van der Waals surface area contributed by atoms with E-state index in [0.717, 1.165) is 10.0 Å². The summed E-state index contributed by atoms with van der Waals surface area (Å²) in [5.74, 6) is -0.503. The second-order valence-corrected chi connectivity index (χ2v) is 5.81. The van der Waals surface area contributed by atoms with Crippen molar-refractivity contribution in [1.29, 1.82) is 0 Å². The van der Waals surface area contributed by atoms with E-state index in [1.807, 2.05) is 38.1 Å². The number of nitrogens with one attached hydrogen (secondary N) is 2. The minimum Gasteiger partial charge on any atom is -0.350 e. The van der Waals surface area contributed by atoms with Crippen molar-refractivity contribution in [2.45, 2.75) is 26.4 Å². The fourth-order valence-corrected chi connectivity index (χ4v) is 1.72. The molecule has 0 heterocycles. The fourth-order valence-electron chi connectivity index (χ4n) is 1.45. The zero-order valence-electron chi connectivity index (χ0n) is 12.1. The van der Waals surface area contributed by atoms with E-state index in [4.69, 9.17) is 5.73 Å². The molecule has 7 heteroatoms. The number of carbonyl (C=O) groups excluding carboxylic acids is 2. The van der Waals surface area contributed by atoms with Crippen molar-refractivity contribution in [2.75, 3.05) is 6.54 Å². The molecule has 0 aliphatic rings. The second kappa shape index (κ2) is 9.76. The van der Waals surface area contributed by atoms with Gasteiger partial charge in [-0.15, -0.1) is 12.4 Å². The lowest BCUT2D eigenvalue weighted by atomic mass is 10.1. The fraction of sp³-hybridized carbons (Fsp3) is 0.429. The van der Waals surface area contributed by atoms with Gasteiger partial charge in [0.05, 0.1) is 12.6 Å². The van der Waals surface area contributed by atoms with E-state index >= 15 is 0 Å². The molecule has 0 radical (unpaired) electrons. The van der Waals surface area contributed by atoms with E-state index < -0.39 is 6.04 Å². The molecule has 1 atom stereocenters. The summed E-state index contributed by atoms with van der Waals surface area (Å²) < 4.78 is 0.988. The highest BCUT2D eigenvalue weighted by atomic mass is 79.9. The molecule has 2 amide bonds. The van der Waals surface area contributed by atoms with Crippen LogP contribution >= 0.6 is 28.3 Å². The first kappa shape index (κ1) is 19.9. The molecule has 0 aliphatic carbocycles. The first-order valence-electron chi connectivity index (χ1n) is 6.44. The second-order valence-electron chi connectivity index (χ2n) is 4.89.